The normalized spacial score (nSPS) is 20.9. The number of aromatic nitrogens is 2. The quantitative estimate of drug-likeness (QED) is 0.898. The van der Waals surface area contributed by atoms with Gasteiger partial charge >= 0.3 is 5.97 Å². The maximum absolute atomic E-state index is 14.1. The summed E-state index contributed by atoms with van der Waals surface area (Å²) >= 11 is 0. The van der Waals surface area contributed by atoms with Gasteiger partial charge in [-0.3, -0.25) is 0 Å². The predicted octanol–water partition coefficient (Wildman–Crippen LogP) is 2.17. The highest BCUT2D eigenvalue weighted by atomic mass is 19.1. The number of halogens is 1. The predicted molar refractivity (Wildman–Crippen MR) is 88.7 cm³/mol. The molecule has 1 fully saturated rings. The zero-order valence-electron chi connectivity index (χ0n) is 13.5. The maximum atomic E-state index is 14.1. The van der Waals surface area contributed by atoms with Crippen molar-refractivity contribution in [2.45, 2.75) is 25.9 Å². The molecule has 7 heteroatoms. The van der Waals surface area contributed by atoms with Crippen molar-refractivity contribution >= 4 is 11.9 Å². The molecule has 0 saturated carbocycles. The molecule has 1 saturated heterocycles. The molecule has 6 nitrogen and oxygen atoms in total. The molecule has 0 aliphatic carbocycles. The molecule has 0 bridgehead atoms. The summed E-state index contributed by atoms with van der Waals surface area (Å²) in [5, 5.41) is 12.8. The summed E-state index contributed by atoms with van der Waals surface area (Å²) in [7, 11) is 0. The van der Waals surface area contributed by atoms with Gasteiger partial charge in [0.25, 0.3) is 0 Å². The second-order valence-corrected chi connectivity index (χ2v) is 6.09. The van der Waals surface area contributed by atoms with Gasteiger partial charge in [-0.1, -0.05) is 12.1 Å². The summed E-state index contributed by atoms with van der Waals surface area (Å²) in [6, 6.07) is 6.54. The number of nitrogens with one attached hydrogen (secondary N) is 1. The molecule has 3 rings (SSSR count). The second-order valence-electron chi connectivity index (χ2n) is 6.09. The van der Waals surface area contributed by atoms with Gasteiger partial charge in [-0.05, 0) is 26.0 Å². The number of benzene rings is 1. The molecule has 0 radical (unpaired) electrons. The number of piperazine rings is 1. The van der Waals surface area contributed by atoms with E-state index < -0.39 is 11.8 Å². The van der Waals surface area contributed by atoms with E-state index in [1.807, 2.05) is 4.90 Å². The third-order valence-corrected chi connectivity index (χ3v) is 3.98. The fraction of sp³-hybridized carbons (Fsp3) is 0.353. The summed E-state index contributed by atoms with van der Waals surface area (Å²) in [6.45, 7) is 5.53. The molecule has 1 aliphatic heterocycles. The van der Waals surface area contributed by atoms with Crippen LogP contribution in [0.25, 0.3) is 11.3 Å². The Bertz CT molecular complexity index is 758. The van der Waals surface area contributed by atoms with Gasteiger partial charge in [-0.25, -0.2) is 19.2 Å². The first-order valence-electron chi connectivity index (χ1n) is 7.82. The van der Waals surface area contributed by atoms with Crippen LogP contribution in [0.1, 0.15) is 24.2 Å². The second kappa shape index (κ2) is 6.52. The highest BCUT2D eigenvalue weighted by molar-refractivity contribution is 5.94. The van der Waals surface area contributed by atoms with Crippen LogP contribution in [0, 0.1) is 5.82 Å². The number of hydrogen-bond donors (Lipinski definition) is 2. The Morgan fingerprint density at radius 3 is 2.58 bits per heavy atom. The number of rotatable bonds is 3. The van der Waals surface area contributed by atoms with Gasteiger partial charge in [0.15, 0.2) is 0 Å². The van der Waals surface area contributed by atoms with Crippen molar-refractivity contribution in [2.75, 3.05) is 18.0 Å². The van der Waals surface area contributed by atoms with Crippen molar-refractivity contribution < 1.29 is 14.3 Å². The molecule has 2 atom stereocenters. The molecule has 2 N–H and O–H groups in total. The lowest BCUT2D eigenvalue weighted by Gasteiger charge is -2.36. The monoisotopic (exact) mass is 330 g/mol. The van der Waals surface area contributed by atoms with E-state index in [2.05, 4.69) is 29.1 Å². The van der Waals surface area contributed by atoms with E-state index in [9.17, 15) is 14.3 Å². The van der Waals surface area contributed by atoms with Crippen molar-refractivity contribution in [1.29, 1.82) is 0 Å². The number of carboxylic acids is 1. The van der Waals surface area contributed by atoms with Crippen molar-refractivity contribution in [2.24, 2.45) is 0 Å². The van der Waals surface area contributed by atoms with Crippen LogP contribution in [0.15, 0.2) is 30.5 Å². The van der Waals surface area contributed by atoms with Crippen LogP contribution in [0.2, 0.25) is 0 Å². The topological polar surface area (TPSA) is 78.4 Å². The molecule has 0 amide bonds. The van der Waals surface area contributed by atoms with E-state index in [1.165, 1.54) is 18.3 Å². The number of anilines is 1. The fourth-order valence-electron chi connectivity index (χ4n) is 3.03. The average Bonchev–Trinajstić information content (AvgIpc) is 2.53. The van der Waals surface area contributed by atoms with Gasteiger partial charge in [0.2, 0.25) is 5.95 Å². The van der Waals surface area contributed by atoms with Crippen LogP contribution >= 0.6 is 0 Å². The van der Waals surface area contributed by atoms with E-state index in [4.69, 9.17) is 0 Å². The Balaban J connectivity index is 2.07. The molecule has 2 heterocycles. The molecule has 0 spiro atoms. The fourth-order valence-corrected chi connectivity index (χ4v) is 3.03. The Kier molecular flexibility index (Phi) is 4.44. The molecular formula is C17H19FN4O2. The van der Waals surface area contributed by atoms with Gasteiger partial charge in [0.05, 0.1) is 5.69 Å². The Morgan fingerprint density at radius 2 is 1.96 bits per heavy atom. The van der Waals surface area contributed by atoms with Gasteiger partial charge in [0, 0.05) is 36.9 Å². The third-order valence-electron chi connectivity index (χ3n) is 3.98. The van der Waals surface area contributed by atoms with E-state index in [0.29, 0.717) is 19.0 Å². The van der Waals surface area contributed by atoms with Crippen LogP contribution in [-0.4, -0.2) is 46.2 Å². The van der Waals surface area contributed by atoms with Crippen molar-refractivity contribution in [3.63, 3.8) is 0 Å². The summed E-state index contributed by atoms with van der Waals surface area (Å²) in [5.41, 5.74) is 0.152. The van der Waals surface area contributed by atoms with E-state index >= 15 is 0 Å². The number of nitrogens with zero attached hydrogens (tertiary/aromatic N) is 3. The SMILES string of the molecule is C[C@@H]1CN(c2ncc(C(=O)O)c(-c3ccccc3F)n2)C[C@@H](C)N1. The highest BCUT2D eigenvalue weighted by Gasteiger charge is 2.25. The standard InChI is InChI=1S/C17H19FN4O2/c1-10-8-22(9-11(2)20-10)17-19-7-13(16(23)24)15(21-17)12-5-3-4-6-14(12)18/h3-7,10-11,20H,8-9H2,1-2H3,(H,23,24)/t10-,11-/m1/s1. The first-order chi connectivity index (χ1) is 11.5. The number of carbonyl (C=O) groups is 1. The smallest absolute Gasteiger partial charge is 0.339 e. The molecule has 2 aromatic rings. The van der Waals surface area contributed by atoms with E-state index in [-0.39, 0.29) is 28.9 Å². The lowest BCUT2D eigenvalue weighted by Crippen LogP contribution is -2.54. The van der Waals surface area contributed by atoms with Gasteiger partial charge < -0.3 is 15.3 Å². The minimum Gasteiger partial charge on any atom is -0.478 e. The van der Waals surface area contributed by atoms with Crippen molar-refractivity contribution in [3.8, 4) is 11.3 Å². The molecule has 126 valence electrons. The van der Waals surface area contributed by atoms with Crippen LogP contribution in [0.3, 0.4) is 0 Å². The van der Waals surface area contributed by atoms with Crippen LogP contribution in [0.4, 0.5) is 10.3 Å². The summed E-state index contributed by atoms with van der Waals surface area (Å²) in [5.74, 6) is -1.27. The lowest BCUT2D eigenvalue weighted by molar-refractivity contribution is 0.0697. The molecule has 1 aliphatic rings. The first-order valence-corrected chi connectivity index (χ1v) is 7.82. The molecule has 24 heavy (non-hydrogen) atoms. The Labute approximate surface area is 139 Å². The van der Waals surface area contributed by atoms with Crippen molar-refractivity contribution in [1.82, 2.24) is 15.3 Å². The van der Waals surface area contributed by atoms with E-state index in [1.54, 1.807) is 12.1 Å². The lowest BCUT2D eigenvalue weighted by atomic mass is 10.1. The zero-order valence-corrected chi connectivity index (χ0v) is 13.5. The molecule has 1 aromatic heterocycles. The zero-order chi connectivity index (χ0) is 17.3. The minimum absolute atomic E-state index is 0.101. The number of hydrogen-bond acceptors (Lipinski definition) is 5. The van der Waals surface area contributed by atoms with Gasteiger partial charge in [0.1, 0.15) is 11.4 Å². The van der Waals surface area contributed by atoms with Gasteiger partial charge in [-0.15, -0.1) is 0 Å². The first kappa shape index (κ1) is 16.3. The molecule has 1 aromatic carbocycles. The van der Waals surface area contributed by atoms with Crippen LogP contribution in [-0.2, 0) is 0 Å². The van der Waals surface area contributed by atoms with Crippen molar-refractivity contribution in [3.05, 3.63) is 41.8 Å². The maximum Gasteiger partial charge on any atom is 0.339 e. The number of aromatic carboxylic acids is 1. The minimum atomic E-state index is -1.18. The third kappa shape index (κ3) is 3.21. The molecule has 0 unspecified atom stereocenters. The van der Waals surface area contributed by atoms with Crippen LogP contribution in [0.5, 0.6) is 0 Å². The summed E-state index contributed by atoms with van der Waals surface area (Å²) in [4.78, 5) is 22.0. The summed E-state index contributed by atoms with van der Waals surface area (Å²) in [6.07, 6.45) is 1.25. The average molecular weight is 330 g/mol. The summed E-state index contributed by atoms with van der Waals surface area (Å²) < 4.78 is 14.1. The number of carboxylic acid groups (broad SMARTS) is 1. The van der Waals surface area contributed by atoms with E-state index in [0.717, 1.165) is 0 Å². The largest absolute Gasteiger partial charge is 0.478 e. The molecular weight excluding hydrogens is 311 g/mol. The highest BCUT2D eigenvalue weighted by Crippen LogP contribution is 2.26. The van der Waals surface area contributed by atoms with Crippen LogP contribution < -0.4 is 10.2 Å². The van der Waals surface area contributed by atoms with Gasteiger partial charge in [-0.2, -0.15) is 0 Å². The Hall–Kier alpha value is -2.54. The Morgan fingerprint density at radius 1 is 1.29 bits per heavy atom.